The maximum atomic E-state index is 11.0. The number of rotatable bonds is 4. The Morgan fingerprint density at radius 2 is 2.00 bits per heavy atom. The molecule has 1 N–H and O–H groups in total. The summed E-state index contributed by atoms with van der Waals surface area (Å²) in [5.41, 5.74) is 0. The van der Waals surface area contributed by atoms with E-state index in [1.54, 1.807) is 7.05 Å². The van der Waals surface area contributed by atoms with Gasteiger partial charge in [-0.15, -0.1) is 0 Å². The van der Waals surface area contributed by atoms with Crippen molar-refractivity contribution >= 4 is 11.7 Å². The fourth-order valence-electron chi connectivity index (χ4n) is 0.982. The van der Waals surface area contributed by atoms with E-state index in [1.165, 1.54) is 6.92 Å². The van der Waals surface area contributed by atoms with Crippen LogP contribution >= 0.6 is 0 Å². The second kappa shape index (κ2) is 4.88. The SMILES string of the molecule is CCCC(C(C)=O)C(=O)NC. The summed E-state index contributed by atoms with van der Waals surface area (Å²) < 4.78 is 0. The Morgan fingerprint density at radius 3 is 2.27 bits per heavy atom. The molecule has 0 saturated heterocycles. The first-order valence-corrected chi connectivity index (χ1v) is 3.85. The molecular formula is C8H15NO2. The summed E-state index contributed by atoms with van der Waals surface area (Å²) in [6, 6.07) is 0. The fourth-order valence-corrected chi connectivity index (χ4v) is 0.982. The Balaban J connectivity index is 4.09. The van der Waals surface area contributed by atoms with E-state index >= 15 is 0 Å². The van der Waals surface area contributed by atoms with Crippen molar-refractivity contribution in [3.63, 3.8) is 0 Å². The normalized spacial score (nSPS) is 12.3. The topological polar surface area (TPSA) is 46.2 Å². The number of carbonyl (C=O) groups excluding carboxylic acids is 2. The first-order valence-electron chi connectivity index (χ1n) is 3.85. The summed E-state index contributed by atoms with van der Waals surface area (Å²) >= 11 is 0. The van der Waals surface area contributed by atoms with Gasteiger partial charge in [0.25, 0.3) is 0 Å². The van der Waals surface area contributed by atoms with Crippen molar-refractivity contribution in [1.82, 2.24) is 5.32 Å². The number of hydrogen-bond acceptors (Lipinski definition) is 2. The van der Waals surface area contributed by atoms with Gasteiger partial charge in [0.15, 0.2) is 0 Å². The zero-order valence-electron chi connectivity index (χ0n) is 7.31. The minimum Gasteiger partial charge on any atom is -0.359 e. The largest absolute Gasteiger partial charge is 0.359 e. The summed E-state index contributed by atoms with van der Waals surface area (Å²) in [6.45, 7) is 3.41. The number of amides is 1. The molecule has 3 nitrogen and oxygen atoms in total. The lowest BCUT2D eigenvalue weighted by Crippen LogP contribution is -2.31. The molecule has 0 spiro atoms. The molecule has 0 radical (unpaired) electrons. The summed E-state index contributed by atoms with van der Waals surface area (Å²) in [7, 11) is 1.55. The highest BCUT2D eigenvalue weighted by atomic mass is 16.2. The van der Waals surface area contributed by atoms with E-state index in [4.69, 9.17) is 0 Å². The highest BCUT2D eigenvalue weighted by Crippen LogP contribution is 2.06. The molecule has 0 rings (SSSR count). The van der Waals surface area contributed by atoms with Gasteiger partial charge in [0.05, 0.1) is 5.92 Å². The van der Waals surface area contributed by atoms with Crippen LogP contribution in [0.2, 0.25) is 0 Å². The molecular weight excluding hydrogens is 142 g/mol. The molecule has 1 unspecified atom stereocenters. The van der Waals surface area contributed by atoms with Crippen LogP contribution in [0.4, 0.5) is 0 Å². The molecule has 0 fully saturated rings. The van der Waals surface area contributed by atoms with Crippen molar-refractivity contribution < 1.29 is 9.59 Å². The molecule has 11 heavy (non-hydrogen) atoms. The predicted molar refractivity (Wildman–Crippen MR) is 43.1 cm³/mol. The van der Waals surface area contributed by atoms with E-state index in [0.717, 1.165) is 6.42 Å². The molecule has 0 saturated carbocycles. The van der Waals surface area contributed by atoms with Crippen LogP contribution < -0.4 is 5.32 Å². The molecule has 1 amide bonds. The van der Waals surface area contributed by atoms with Gasteiger partial charge >= 0.3 is 0 Å². The van der Waals surface area contributed by atoms with Crippen LogP contribution in [0.5, 0.6) is 0 Å². The van der Waals surface area contributed by atoms with Gasteiger partial charge in [-0.05, 0) is 13.3 Å². The number of ketones is 1. The maximum Gasteiger partial charge on any atom is 0.230 e. The molecule has 0 bridgehead atoms. The van der Waals surface area contributed by atoms with Gasteiger partial charge < -0.3 is 5.32 Å². The summed E-state index contributed by atoms with van der Waals surface area (Å²) in [4.78, 5) is 21.9. The van der Waals surface area contributed by atoms with Crippen molar-refractivity contribution in [3.05, 3.63) is 0 Å². The molecule has 0 aliphatic carbocycles. The van der Waals surface area contributed by atoms with Gasteiger partial charge in [-0.3, -0.25) is 9.59 Å². The zero-order chi connectivity index (χ0) is 8.85. The Labute approximate surface area is 67.2 Å². The predicted octanol–water partition coefficient (Wildman–Crippen LogP) is 0.738. The van der Waals surface area contributed by atoms with Gasteiger partial charge in [-0.2, -0.15) is 0 Å². The minimum atomic E-state index is -0.440. The standard InChI is InChI=1S/C8H15NO2/c1-4-5-7(6(2)10)8(11)9-3/h7H,4-5H2,1-3H3,(H,9,11). The van der Waals surface area contributed by atoms with Gasteiger partial charge in [0.1, 0.15) is 5.78 Å². The number of Topliss-reactive ketones (excluding diaryl/α,β-unsaturated/α-hetero) is 1. The second-order valence-electron chi connectivity index (χ2n) is 2.57. The molecule has 1 atom stereocenters. The van der Waals surface area contributed by atoms with Gasteiger partial charge in [-0.1, -0.05) is 13.3 Å². The smallest absolute Gasteiger partial charge is 0.230 e. The monoisotopic (exact) mass is 157 g/mol. The molecule has 0 aliphatic rings. The zero-order valence-corrected chi connectivity index (χ0v) is 7.31. The summed E-state index contributed by atoms with van der Waals surface area (Å²) in [5, 5.41) is 2.47. The molecule has 64 valence electrons. The summed E-state index contributed by atoms with van der Waals surface area (Å²) in [5.74, 6) is -0.657. The van der Waals surface area contributed by atoms with E-state index in [-0.39, 0.29) is 11.7 Å². The van der Waals surface area contributed by atoms with Crippen LogP contribution in [-0.4, -0.2) is 18.7 Å². The van der Waals surface area contributed by atoms with Crippen molar-refractivity contribution in [3.8, 4) is 0 Å². The van der Waals surface area contributed by atoms with Gasteiger partial charge in [0.2, 0.25) is 5.91 Å². The third kappa shape index (κ3) is 3.16. The molecule has 3 heteroatoms. The number of carbonyl (C=O) groups is 2. The van der Waals surface area contributed by atoms with E-state index in [0.29, 0.717) is 6.42 Å². The third-order valence-corrected chi connectivity index (χ3v) is 1.63. The lowest BCUT2D eigenvalue weighted by atomic mass is 9.99. The van der Waals surface area contributed by atoms with Gasteiger partial charge in [0, 0.05) is 7.05 Å². The Bertz CT molecular complexity index is 154. The van der Waals surface area contributed by atoms with Crippen LogP contribution in [0.25, 0.3) is 0 Å². The van der Waals surface area contributed by atoms with Crippen molar-refractivity contribution in [2.45, 2.75) is 26.7 Å². The average molecular weight is 157 g/mol. The van der Waals surface area contributed by atoms with Crippen molar-refractivity contribution in [2.24, 2.45) is 5.92 Å². The number of hydrogen-bond donors (Lipinski definition) is 1. The minimum absolute atomic E-state index is 0.0498. The molecule has 0 aromatic carbocycles. The summed E-state index contributed by atoms with van der Waals surface area (Å²) in [6.07, 6.45) is 1.51. The van der Waals surface area contributed by atoms with Gasteiger partial charge in [-0.25, -0.2) is 0 Å². The molecule has 0 aromatic heterocycles. The molecule has 0 aromatic rings. The second-order valence-corrected chi connectivity index (χ2v) is 2.57. The van der Waals surface area contributed by atoms with Crippen LogP contribution in [0.15, 0.2) is 0 Å². The van der Waals surface area contributed by atoms with E-state index < -0.39 is 5.92 Å². The Kier molecular flexibility index (Phi) is 4.50. The van der Waals surface area contributed by atoms with Crippen LogP contribution in [-0.2, 0) is 9.59 Å². The van der Waals surface area contributed by atoms with E-state index in [9.17, 15) is 9.59 Å². The first kappa shape index (κ1) is 10.1. The molecule has 0 aliphatic heterocycles. The lowest BCUT2D eigenvalue weighted by Gasteiger charge is -2.09. The fraction of sp³-hybridized carbons (Fsp3) is 0.750. The highest BCUT2D eigenvalue weighted by Gasteiger charge is 2.20. The highest BCUT2D eigenvalue weighted by molar-refractivity contribution is 6.00. The van der Waals surface area contributed by atoms with E-state index in [2.05, 4.69) is 5.32 Å². The van der Waals surface area contributed by atoms with Crippen LogP contribution in [0.3, 0.4) is 0 Å². The van der Waals surface area contributed by atoms with E-state index in [1.807, 2.05) is 6.92 Å². The Morgan fingerprint density at radius 1 is 1.45 bits per heavy atom. The first-order chi connectivity index (χ1) is 5.13. The van der Waals surface area contributed by atoms with Crippen molar-refractivity contribution in [2.75, 3.05) is 7.05 Å². The Hall–Kier alpha value is -0.860. The molecule has 0 heterocycles. The third-order valence-electron chi connectivity index (χ3n) is 1.63. The quantitative estimate of drug-likeness (QED) is 0.612. The average Bonchev–Trinajstić information content (AvgIpc) is 1.98. The lowest BCUT2D eigenvalue weighted by molar-refractivity contribution is -0.132. The van der Waals surface area contributed by atoms with Crippen LogP contribution in [0, 0.1) is 5.92 Å². The van der Waals surface area contributed by atoms with Crippen molar-refractivity contribution in [1.29, 1.82) is 0 Å². The number of nitrogens with one attached hydrogen (secondary N) is 1. The maximum absolute atomic E-state index is 11.0. The van der Waals surface area contributed by atoms with Crippen LogP contribution in [0.1, 0.15) is 26.7 Å².